The molecule has 70 valence electrons. The molecule has 1 atom stereocenters. The number of aryl methyl sites for hydroxylation is 1. The van der Waals surface area contributed by atoms with Crippen LogP contribution < -0.4 is 5.73 Å². The fourth-order valence-electron chi connectivity index (χ4n) is 1.06. The predicted octanol–water partition coefficient (Wildman–Crippen LogP) is 0.865. The molecule has 0 aromatic carbocycles. The summed E-state index contributed by atoms with van der Waals surface area (Å²) in [6.07, 6.45) is 1.54. The molecule has 0 radical (unpaired) electrons. The van der Waals surface area contributed by atoms with Crippen LogP contribution in [-0.2, 0) is 4.79 Å². The third kappa shape index (κ3) is 2.83. The SMILES string of the molecule is Cc1ccnc([C@@H](N)CC(=O)O)c1. The summed E-state index contributed by atoms with van der Waals surface area (Å²) in [5, 5.41) is 8.51. The summed E-state index contributed by atoms with van der Waals surface area (Å²) >= 11 is 0. The van der Waals surface area contributed by atoms with Gasteiger partial charge < -0.3 is 10.8 Å². The number of nitrogens with zero attached hydrogens (tertiary/aromatic N) is 1. The topological polar surface area (TPSA) is 76.2 Å². The van der Waals surface area contributed by atoms with Crippen LogP contribution in [0.3, 0.4) is 0 Å². The van der Waals surface area contributed by atoms with E-state index in [1.807, 2.05) is 13.0 Å². The number of aromatic nitrogens is 1. The van der Waals surface area contributed by atoms with Gasteiger partial charge >= 0.3 is 5.97 Å². The van der Waals surface area contributed by atoms with Gasteiger partial charge in [0.15, 0.2) is 0 Å². The number of nitrogens with two attached hydrogens (primary N) is 1. The molecule has 4 heteroatoms. The minimum Gasteiger partial charge on any atom is -0.481 e. The monoisotopic (exact) mass is 180 g/mol. The zero-order valence-electron chi connectivity index (χ0n) is 7.40. The van der Waals surface area contributed by atoms with Crippen LogP contribution in [0.4, 0.5) is 0 Å². The van der Waals surface area contributed by atoms with E-state index in [0.717, 1.165) is 5.56 Å². The number of rotatable bonds is 3. The van der Waals surface area contributed by atoms with Crippen molar-refractivity contribution in [1.29, 1.82) is 0 Å². The Kier molecular flexibility index (Phi) is 2.97. The zero-order valence-corrected chi connectivity index (χ0v) is 7.40. The number of carboxylic acid groups (broad SMARTS) is 1. The van der Waals surface area contributed by atoms with Crippen molar-refractivity contribution in [1.82, 2.24) is 4.98 Å². The Balaban J connectivity index is 2.76. The van der Waals surface area contributed by atoms with Crippen LogP contribution in [0.25, 0.3) is 0 Å². The van der Waals surface area contributed by atoms with Crippen LogP contribution in [-0.4, -0.2) is 16.1 Å². The molecule has 4 nitrogen and oxygen atoms in total. The summed E-state index contributed by atoms with van der Waals surface area (Å²) in [5.74, 6) is -0.907. The summed E-state index contributed by atoms with van der Waals surface area (Å²) in [5.41, 5.74) is 7.28. The van der Waals surface area contributed by atoms with Crippen LogP contribution in [0.15, 0.2) is 18.3 Å². The Bertz CT molecular complexity index is 312. The molecule has 0 unspecified atom stereocenters. The van der Waals surface area contributed by atoms with E-state index in [1.54, 1.807) is 12.3 Å². The number of pyridine rings is 1. The highest BCUT2D eigenvalue weighted by Crippen LogP contribution is 2.11. The lowest BCUT2D eigenvalue weighted by molar-refractivity contribution is -0.137. The number of carboxylic acids is 1. The zero-order chi connectivity index (χ0) is 9.84. The summed E-state index contributed by atoms with van der Waals surface area (Å²) < 4.78 is 0. The second-order valence-electron chi connectivity index (χ2n) is 2.96. The Hall–Kier alpha value is -1.42. The largest absolute Gasteiger partial charge is 0.481 e. The summed E-state index contributed by atoms with van der Waals surface area (Å²) in [6.45, 7) is 1.92. The molecular weight excluding hydrogens is 168 g/mol. The van der Waals surface area contributed by atoms with Gasteiger partial charge in [0.1, 0.15) is 0 Å². The number of hydrogen-bond acceptors (Lipinski definition) is 3. The highest BCUT2D eigenvalue weighted by Gasteiger charge is 2.11. The Morgan fingerprint density at radius 3 is 3.00 bits per heavy atom. The molecule has 0 saturated carbocycles. The van der Waals surface area contributed by atoms with Gasteiger partial charge in [-0.3, -0.25) is 9.78 Å². The van der Waals surface area contributed by atoms with E-state index in [-0.39, 0.29) is 6.42 Å². The Morgan fingerprint density at radius 2 is 2.46 bits per heavy atom. The average molecular weight is 180 g/mol. The van der Waals surface area contributed by atoms with Gasteiger partial charge in [0, 0.05) is 6.20 Å². The normalized spacial score (nSPS) is 12.5. The third-order valence-electron chi connectivity index (χ3n) is 1.71. The number of hydrogen-bond donors (Lipinski definition) is 2. The Morgan fingerprint density at radius 1 is 1.77 bits per heavy atom. The summed E-state index contributed by atoms with van der Waals surface area (Å²) in [7, 11) is 0. The van der Waals surface area contributed by atoms with Crippen LogP contribution in [0.2, 0.25) is 0 Å². The molecule has 1 aromatic rings. The Labute approximate surface area is 76.4 Å². The molecule has 0 amide bonds. The summed E-state index contributed by atoms with van der Waals surface area (Å²) in [4.78, 5) is 14.4. The minimum atomic E-state index is -0.907. The van der Waals surface area contributed by atoms with Crippen LogP contribution in [0.1, 0.15) is 23.7 Å². The first-order valence-electron chi connectivity index (χ1n) is 3.99. The lowest BCUT2D eigenvalue weighted by Gasteiger charge is -2.07. The quantitative estimate of drug-likeness (QED) is 0.723. The maximum Gasteiger partial charge on any atom is 0.305 e. The molecule has 0 saturated heterocycles. The van der Waals surface area contributed by atoms with E-state index in [0.29, 0.717) is 5.69 Å². The molecule has 1 heterocycles. The van der Waals surface area contributed by atoms with E-state index in [1.165, 1.54) is 0 Å². The second-order valence-corrected chi connectivity index (χ2v) is 2.96. The molecule has 1 aromatic heterocycles. The molecule has 0 bridgehead atoms. The summed E-state index contributed by atoms with van der Waals surface area (Å²) in [6, 6.07) is 3.13. The van der Waals surface area contributed by atoms with Gasteiger partial charge in [0.2, 0.25) is 0 Å². The van der Waals surface area contributed by atoms with Gasteiger partial charge in [0.25, 0.3) is 0 Å². The molecule has 0 fully saturated rings. The van der Waals surface area contributed by atoms with Crippen molar-refractivity contribution in [3.05, 3.63) is 29.6 Å². The van der Waals surface area contributed by atoms with Crippen molar-refractivity contribution < 1.29 is 9.90 Å². The molecular formula is C9H12N2O2. The molecule has 0 aliphatic heterocycles. The van der Waals surface area contributed by atoms with Crippen molar-refractivity contribution in [3.63, 3.8) is 0 Å². The van der Waals surface area contributed by atoms with Gasteiger partial charge in [-0.15, -0.1) is 0 Å². The molecule has 3 N–H and O–H groups in total. The van der Waals surface area contributed by atoms with Gasteiger partial charge in [0.05, 0.1) is 18.2 Å². The van der Waals surface area contributed by atoms with Gasteiger partial charge in [-0.1, -0.05) is 0 Å². The van der Waals surface area contributed by atoms with Gasteiger partial charge in [-0.2, -0.15) is 0 Å². The maximum atomic E-state index is 10.4. The van der Waals surface area contributed by atoms with E-state index in [9.17, 15) is 4.79 Å². The van der Waals surface area contributed by atoms with Gasteiger partial charge in [-0.05, 0) is 24.6 Å². The standard InChI is InChI=1S/C9H12N2O2/c1-6-2-3-11-8(4-6)7(10)5-9(12)13/h2-4,7H,5,10H2,1H3,(H,12,13)/t7-/m0/s1. The fourth-order valence-corrected chi connectivity index (χ4v) is 1.06. The number of aliphatic carboxylic acids is 1. The van der Waals surface area contributed by atoms with Crippen LogP contribution in [0, 0.1) is 6.92 Å². The first-order valence-corrected chi connectivity index (χ1v) is 3.99. The lowest BCUT2D eigenvalue weighted by Crippen LogP contribution is -2.16. The minimum absolute atomic E-state index is 0.0869. The highest BCUT2D eigenvalue weighted by atomic mass is 16.4. The lowest BCUT2D eigenvalue weighted by atomic mass is 10.1. The first kappa shape index (κ1) is 9.67. The van der Waals surface area contributed by atoms with Crippen molar-refractivity contribution in [3.8, 4) is 0 Å². The predicted molar refractivity (Wildman–Crippen MR) is 48.2 cm³/mol. The van der Waals surface area contributed by atoms with E-state index < -0.39 is 12.0 Å². The van der Waals surface area contributed by atoms with Crippen molar-refractivity contribution in [2.75, 3.05) is 0 Å². The highest BCUT2D eigenvalue weighted by molar-refractivity contribution is 5.67. The average Bonchev–Trinajstić information content (AvgIpc) is 2.03. The molecule has 1 rings (SSSR count). The number of carbonyl (C=O) groups is 1. The second kappa shape index (κ2) is 4.00. The third-order valence-corrected chi connectivity index (χ3v) is 1.71. The van der Waals surface area contributed by atoms with E-state index in [2.05, 4.69) is 4.98 Å². The van der Waals surface area contributed by atoms with E-state index in [4.69, 9.17) is 10.8 Å². The fraction of sp³-hybridized carbons (Fsp3) is 0.333. The maximum absolute atomic E-state index is 10.4. The first-order chi connectivity index (χ1) is 6.09. The molecule has 0 spiro atoms. The van der Waals surface area contributed by atoms with Crippen molar-refractivity contribution in [2.24, 2.45) is 5.73 Å². The molecule has 0 aliphatic rings. The van der Waals surface area contributed by atoms with Crippen LogP contribution in [0.5, 0.6) is 0 Å². The van der Waals surface area contributed by atoms with Crippen molar-refractivity contribution in [2.45, 2.75) is 19.4 Å². The van der Waals surface area contributed by atoms with Crippen LogP contribution >= 0.6 is 0 Å². The van der Waals surface area contributed by atoms with E-state index >= 15 is 0 Å². The van der Waals surface area contributed by atoms with Gasteiger partial charge in [-0.25, -0.2) is 0 Å². The molecule has 0 aliphatic carbocycles. The molecule has 13 heavy (non-hydrogen) atoms. The van der Waals surface area contributed by atoms with Crippen molar-refractivity contribution >= 4 is 5.97 Å². The smallest absolute Gasteiger partial charge is 0.305 e.